The van der Waals surface area contributed by atoms with Crippen molar-refractivity contribution in [2.45, 2.75) is 19.8 Å². The van der Waals surface area contributed by atoms with Gasteiger partial charge in [0.25, 0.3) is 0 Å². The van der Waals surface area contributed by atoms with Crippen molar-refractivity contribution in [3.05, 3.63) is 59.7 Å². The summed E-state index contributed by atoms with van der Waals surface area (Å²) in [5.74, 6) is 0.178. The van der Waals surface area contributed by atoms with Gasteiger partial charge in [0.1, 0.15) is 5.75 Å². The second-order valence-corrected chi connectivity index (χ2v) is 5.48. The lowest BCUT2D eigenvalue weighted by molar-refractivity contribution is -0.124. The summed E-state index contributed by atoms with van der Waals surface area (Å²) in [6.45, 7) is 1.97. The summed E-state index contributed by atoms with van der Waals surface area (Å²) in [5, 5.41) is 6.62. The number of hydrogen-bond donors (Lipinski definition) is 2. The van der Waals surface area contributed by atoms with Crippen molar-refractivity contribution in [1.29, 1.82) is 0 Å². The molecule has 6 nitrogen and oxygen atoms in total. The summed E-state index contributed by atoms with van der Waals surface area (Å²) >= 11 is 0. The van der Waals surface area contributed by atoms with Crippen LogP contribution in [0, 0.1) is 6.92 Å². The highest BCUT2D eigenvalue weighted by Crippen LogP contribution is 2.11. The average molecular weight is 339 g/mol. The van der Waals surface area contributed by atoms with Crippen LogP contribution in [0.25, 0.3) is 0 Å². The molecule has 0 bridgehead atoms. The van der Waals surface area contributed by atoms with Crippen LogP contribution in [-0.2, 0) is 9.59 Å². The van der Waals surface area contributed by atoms with E-state index >= 15 is 0 Å². The molecule has 0 aromatic heterocycles. The topological polar surface area (TPSA) is 79.8 Å². The summed E-state index contributed by atoms with van der Waals surface area (Å²) in [5.41, 5.74) is 5.04. The molecule has 6 heteroatoms. The fraction of sp³-hybridized carbons (Fsp3) is 0.211. The number of benzene rings is 2. The maximum absolute atomic E-state index is 11.8. The predicted octanol–water partition coefficient (Wildman–Crippen LogP) is 2.87. The minimum atomic E-state index is -0.321. The molecule has 0 atom stereocenters. The van der Waals surface area contributed by atoms with E-state index in [4.69, 9.17) is 4.74 Å². The molecule has 25 heavy (non-hydrogen) atoms. The number of hydrazone groups is 1. The molecule has 0 aliphatic heterocycles. The van der Waals surface area contributed by atoms with Crippen LogP contribution in [0.15, 0.2) is 53.6 Å². The van der Waals surface area contributed by atoms with Crippen molar-refractivity contribution in [3.63, 3.8) is 0 Å². The summed E-state index contributed by atoms with van der Waals surface area (Å²) in [7, 11) is 1.58. The maximum atomic E-state index is 11.8. The molecule has 0 spiro atoms. The van der Waals surface area contributed by atoms with Crippen molar-refractivity contribution >= 4 is 23.7 Å². The third-order valence-corrected chi connectivity index (χ3v) is 3.41. The third-order valence-electron chi connectivity index (χ3n) is 3.41. The Kier molecular flexibility index (Phi) is 6.71. The predicted molar refractivity (Wildman–Crippen MR) is 97.8 cm³/mol. The Balaban J connectivity index is 1.73. The van der Waals surface area contributed by atoms with E-state index in [1.54, 1.807) is 13.2 Å². The average Bonchev–Trinajstić information content (AvgIpc) is 2.62. The Labute approximate surface area is 146 Å². The molecule has 2 aromatic carbocycles. The van der Waals surface area contributed by atoms with Crippen molar-refractivity contribution in [2.75, 3.05) is 12.4 Å². The Morgan fingerprint density at radius 2 is 1.80 bits per heavy atom. The van der Waals surface area contributed by atoms with Gasteiger partial charge in [-0.2, -0.15) is 5.10 Å². The molecule has 2 N–H and O–H groups in total. The van der Waals surface area contributed by atoms with Gasteiger partial charge in [-0.1, -0.05) is 29.8 Å². The van der Waals surface area contributed by atoms with Gasteiger partial charge in [0, 0.05) is 18.5 Å². The van der Waals surface area contributed by atoms with E-state index < -0.39 is 0 Å². The first-order valence-corrected chi connectivity index (χ1v) is 7.89. The van der Waals surface area contributed by atoms with Gasteiger partial charge in [0.05, 0.1) is 13.3 Å². The van der Waals surface area contributed by atoms with Gasteiger partial charge in [0.2, 0.25) is 11.8 Å². The Morgan fingerprint density at radius 3 is 2.52 bits per heavy atom. The molecule has 2 amide bonds. The second kappa shape index (κ2) is 9.22. The molecular formula is C19H21N3O3. The van der Waals surface area contributed by atoms with Crippen molar-refractivity contribution in [2.24, 2.45) is 5.10 Å². The van der Waals surface area contributed by atoms with E-state index in [-0.39, 0.29) is 24.7 Å². The van der Waals surface area contributed by atoms with Gasteiger partial charge < -0.3 is 10.1 Å². The molecule has 0 saturated heterocycles. The molecule has 130 valence electrons. The second-order valence-electron chi connectivity index (χ2n) is 5.48. The minimum absolute atomic E-state index is 0.0626. The van der Waals surface area contributed by atoms with Crippen LogP contribution in [-0.4, -0.2) is 25.1 Å². The van der Waals surface area contributed by atoms with Crippen LogP contribution in [0.1, 0.15) is 24.0 Å². The zero-order chi connectivity index (χ0) is 18.1. The number of carbonyl (C=O) groups excluding carboxylic acids is 2. The molecule has 2 aromatic rings. The van der Waals surface area contributed by atoms with Crippen LogP contribution < -0.4 is 15.5 Å². The van der Waals surface area contributed by atoms with Crippen molar-refractivity contribution in [1.82, 2.24) is 5.43 Å². The smallest absolute Gasteiger partial charge is 0.240 e. The van der Waals surface area contributed by atoms with Crippen LogP contribution in [0.2, 0.25) is 0 Å². The highest BCUT2D eigenvalue weighted by atomic mass is 16.5. The first kappa shape index (κ1) is 18.2. The number of rotatable bonds is 7. The number of nitrogens with one attached hydrogen (secondary N) is 2. The van der Waals surface area contributed by atoms with E-state index in [2.05, 4.69) is 15.8 Å². The van der Waals surface area contributed by atoms with Crippen molar-refractivity contribution < 1.29 is 14.3 Å². The van der Waals surface area contributed by atoms with Gasteiger partial charge >= 0.3 is 0 Å². The molecular weight excluding hydrogens is 318 g/mol. The molecule has 0 unspecified atom stereocenters. The number of nitrogens with zero attached hydrogens (tertiary/aromatic N) is 1. The molecule has 2 rings (SSSR count). The van der Waals surface area contributed by atoms with Crippen LogP contribution >= 0.6 is 0 Å². The third kappa shape index (κ3) is 6.47. The Morgan fingerprint density at radius 1 is 1.08 bits per heavy atom. The number of amides is 2. The number of carbonyl (C=O) groups is 2. The standard InChI is InChI=1S/C19H21N3O3/c1-14-6-8-16(9-7-14)21-18(23)10-11-19(24)22-20-13-15-4-3-5-17(12-15)25-2/h3-9,12-13H,10-11H2,1-2H3,(H,21,23)(H,22,24). The van der Waals surface area contributed by atoms with Crippen molar-refractivity contribution in [3.8, 4) is 5.75 Å². The molecule has 0 saturated carbocycles. The summed E-state index contributed by atoms with van der Waals surface area (Å²) in [6, 6.07) is 14.8. The largest absolute Gasteiger partial charge is 0.497 e. The molecule has 0 aliphatic carbocycles. The van der Waals surface area contributed by atoms with E-state index in [0.29, 0.717) is 11.4 Å². The van der Waals surface area contributed by atoms with E-state index in [9.17, 15) is 9.59 Å². The highest BCUT2D eigenvalue weighted by molar-refractivity contribution is 5.93. The summed E-state index contributed by atoms with van der Waals surface area (Å²) < 4.78 is 5.11. The van der Waals surface area contributed by atoms with Crippen LogP contribution in [0.5, 0.6) is 5.75 Å². The lowest BCUT2D eigenvalue weighted by atomic mass is 10.2. The highest BCUT2D eigenvalue weighted by Gasteiger charge is 2.06. The van der Waals surface area contributed by atoms with E-state index in [1.165, 1.54) is 6.21 Å². The van der Waals surface area contributed by atoms with Gasteiger partial charge in [-0.25, -0.2) is 5.43 Å². The maximum Gasteiger partial charge on any atom is 0.240 e. The normalized spacial score (nSPS) is 10.5. The number of methoxy groups -OCH3 is 1. The summed E-state index contributed by atoms with van der Waals surface area (Å²) in [6.07, 6.45) is 1.67. The summed E-state index contributed by atoms with van der Waals surface area (Å²) in [4.78, 5) is 23.6. The fourth-order valence-electron chi connectivity index (χ4n) is 2.04. The van der Waals surface area contributed by atoms with E-state index in [0.717, 1.165) is 11.1 Å². The minimum Gasteiger partial charge on any atom is -0.497 e. The Bertz CT molecular complexity index is 755. The van der Waals surface area contributed by atoms with Crippen LogP contribution in [0.3, 0.4) is 0 Å². The molecule has 0 aliphatic rings. The van der Waals surface area contributed by atoms with Gasteiger partial charge in [-0.05, 0) is 36.8 Å². The fourth-order valence-corrected chi connectivity index (χ4v) is 2.04. The molecule has 0 fully saturated rings. The zero-order valence-corrected chi connectivity index (χ0v) is 14.3. The zero-order valence-electron chi connectivity index (χ0n) is 14.3. The number of aryl methyl sites for hydroxylation is 1. The van der Waals surface area contributed by atoms with Gasteiger partial charge in [-0.3, -0.25) is 9.59 Å². The lowest BCUT2D eigenvalue weighted by Gasteiger charge is -2.05. The van der Waals surface area contributed by atoms with Gasteiger partial charge in [0.15, 0.2) is 0 Å². The van der Waals surface area contributed by atoms with Crippen LogP contribution in [0.4, 0.5) is 5.69 Å². The molecule has 0 radical (unpaired) electrons. The first-order valence-electron chi connectivity index (χ1n) is 7.89. The number of ether oxygens (including phenoxy) is 1. The monoisotopic (exact) mass is 339 g/mol. The Hall–Kier alpha value is -3.15. The van der Waals surface area contributed by atoms with Gasteiger partial charge in [-0.15, -0.1) is 0 Å². The quantitative estimate of drug-likeness (QED) is 0.601. The first-order chi connectivity index (χ1) is 12.1. The number of hydrogen-bond acceptors (Lipinski definition) is 4. The lowest BCUT2D eigenvalue weighted by Crippen LogP contribution is -2.20. The SMILES string of the molecule is COc1cccc(C=NNC(=O)CCC(=O)Nc2ccc(C)cc2)c1. The number of anilines is 1. The van der Waals surface area contributed by atoms with E-state index in [1.807, 2.05) is 49.4 Å². The molecule has 0 heterocycles.